The molecule has 1 heterocycles. The van der Waals surface area contributed by atoms with Crippen LogP contribution in [0.25, 0.3) is 11.1 Å². The lowest BCUT2D eigenvalue weighted by molar-refractivity contribution is -0.206. The van der Waals surface area contributed by atoms with Gasteiger partial charge in [-0.3, -0.25) is 0 Å². The van der Waals surface area contributed by atoms with Crippen molar-refractivity contribution >= 4 is 0 Å². The number of rotatable bonds is 5. The highest BCUT2D eigenvalue weighted by molar-refractivity contribution is 5.66. The van der Waals surface area contributed by atoms with Crippen LogP contribution in [0.5, 0.6) is 0 Å². The van der Waals surface area contributed by atoms with Crippen molar-refractivity contribution in [3.8, 4) is 23.0 Å². The summed E-state index contributed by atoms with van der Waals surface area (Å²) >= 11 is 0. The van der Waals surface area contributed by atoms with Gasteiger partial charge in [0.2, 0.25) is 0 Å². The van der Waals surface area contributed by atoms with Crippen molar-refractivity contribution < 1.29 is 22.6 Å². The van der Waals surface area contributed by atoms with Gasteiger partial charge in [-0.05, 0) is 48.9 Å². The fraction of sp³-hybridized carbons (Fsp3) is 0.500. The normalized spacial score (nSPS) is 25.4. The molecule has 0 aromatic heterocycles. The van der Waals surface area contributed by atoms with Crippen LogP contribution in [0.15, 0.2) is 30.3 Å². The van der Waals surface area contributed by atoms with E-state index >= 15 is 0 Å². The zero-order chi connectivity index (χ0) is 23.4. The van der Waals surface area contributed by atoms with Gasteiger partial charge in [-0.1, -0.05) is 57.1 Å². The second kappa shape index (κ2) is 10.8. The molecule has 0 unspecified atom stereocenters. The summed E-state index contributed by atoms with van der Waals surface area (Å²) in [6.07, 6.45) is 7.00. The number of benzene rings is 2. The van der Waals surface area contributed by atoms with Crippen LogP contribution in [-0.2, 0) is 9.47 Å². The SMILES string of the molecule is CC#Cc1c(F)cc(-c2ccc(C3OCC(CCC4CCC(C)CC4)CO3)cc2F)cc1F. The third-order valence-electron chi connectivity index (χ3n) is 6.95. The lowest BCUT2D eigenvalue weighted by atomic mass is 9.80. The molecule has 0 radical (unpaired) electrons. The molecule has 1 saturated carbocycles. The van der Waals surface area contributed by atoms with Crippen molar-refractivity contribution in [2.75, 3.05) is 13.2 Å². The van der Waals surface area contributed by atoms with Gasteiger partial charge in [-0.15, -0.1) is 5.92 Å². The minimum absolute atomic E-state index is 0.114. The average molecular weight is 457 g/mol. The molecule has 0 amide bonds. The zero-order valence-corrected chi connectivity index (χ0v) is 19.3. The Morgan fingerprint density at radius 1 is 0.848 bits per heavy atom. The second-order valence-electron chi connectivity index (χ2n) is 9.50. The molecule has 1 saturated heterocycles. The maximum absolute atomic E-state index is 14.8. The van der Waals surface area contributed by atoms with Gasteiger partial charge in [-0.2, -0.15) is 0 Å². The fourth-order valence-corrected chi connectivity index (χ4v) is 4.88. The van der Waals surface area contributed by atoms with E-state index in [1.54, 1.807) is 6.07 Å². The molecule has 0 bridgehead atoms. The van der Waals surface area contributed by atoms with Crippen LogP contribution in [0.3, 0.4) is 0 Å². The first-order valence-electron chi connectivity index (χ1n) is 11.9. The maximum atomic E-state index is 14.8. The van der Waals surface area contributed by atoms with Crippen LogP contribution >= 0.6 is 0 Å². The Bertz CT molecular complexity index is 1000. The van der Waals surface area contributed by atoms with Crippen molar-refractivity contribution in [2.45, 2.75) is 58.7 Å². The quantitative estimate of drug-likeness (QED) is 0.436. The number of halogens is 3. The van der Waals surface area contributed by atoms with E-state index in [1.807, 2.05) is 0 Å². The molecule has 1 aliphatic carbocycles. The van der Waals surface area contributed by atoms with Crippen LogP contribution in [-0.4, -0.2) is 13.2 Å². The Morgan fingerprint density at radius 2 is 1.48 bits per heavy atom. The Labute approximate surface area is 194 Å². The molecule has 2 nitrogen and oxygen atoms in total. The van der Waals surface area contributed by atoms with E-state index in [0.717, 1.165) is 30.4 Å². The Kier molecular flexibility index (Phi) is 7.78. The molecular weight excluding hydrogens is 425 g/mol. The van der Waals surface area contributed by atoms with Crippen molar-refractivity contribution in [1.82, 2.24) is 0 Å². The largest absolute Gasteiger partial charge is 0.348 e. The number of hydrogen-bond acceptors (Lipinski definition) is 2. The van der Waals surface area contributed by atoms with E-state index < -0.39 is 23.7 Å². The van der Waals surface area contributed by atoms with Crippen molar-refractivity contribution in [3.05, 3.63) is 58.9 Å². The minimum atomic E-state index is -0.810. The molecule has 1 aliphatic heterocycles. The lowest BCUT2D eigenvalue weighted by Crippen LogP contribution is -2.28. The summed E-state index contributed by atoms with van der Waals surface area (Å²) in [4.78, 5) is 0. The second-order valence-corrected chi connectivity index (χ2v) is 9.50. The maximum Gasteiger partial charge on any atom is 0.183 e. The van der Waals surface area contributed by atoms with Gasteiger partial charge >= 0.3 is 0 Å². The van der Waals surface area contributed by atoms with Crippen LogP contribution < -0.4 is 0 Å². The molecular formula is C28H31F3O2. The molecule has 176 valence electrons. The van der Waals surface area contributed by atoms with Gasteiger partial charge in [0, 0.05) is 17.0 Å². The standard InChI is InChI=1S/C28H31F3O2/c1-3-4-24-26(30)14-22(15-27(24)31)23-12-11-21(13-25(23)29)28-32-16-20(17-33-28)10-9-19-7-5-18(2)6-8-19/h11-15,18-20,28H,5-10,16-17H2,1-2H3. The summed E-state index contributed by atoms with van der Waals surface area (Å²) in [7, 11) is 0. The van der Waals surface area contributed by atoms with Crippen molar-refractivity contribution in [1.29, 1.82) is 0 Å². The van der Waals surface area contributed by atoms with Crippen LogP contribution in [0.1, 0.15) is 69.8 Å². The predicted molar refractivity (Wildman–Crippen MR) is 123 cm³/mol. The molecule has 0 atom stereocenters. The van der Waals surface area contributed by atoms with Gasteiger partial charge in [-0.25, -0.2) is 13.2 Å². The van der Waals surface area contributed by atoms with Gasteiger partial charge in [0.05, 0.1) is 18.8 Å². The summed E-state index contributed by atoms with van der Waals surface area (Å²) in [5.41, 5.74) is 0.488. The van der Waals surface area contributed by atoms with Gasteiger partial charge in [0.15, 0.2) is 6.29 Å². The van der Waals surface area contributed by atoms with Gasteiger partial charge in [0.25, 0.3) is 0 Å². The van der Waals surface area contributed by atoms with E-state index in [2.05, 4.69) is 18.8 Å². The van der Waals surface area contributed by atoms with E-state index in [4.69, 9.17) is 9.47 Å². The van der Waals surface area contributed by atoms with Crippen LogP contribution in [0.4, 0.5) is 13.2 Å². The van der Waals surface area contributed by atoms with E-state index in [0.29, 0.717) is 24.7 Å². The Morgan fingerprint density at radius 3 is 2.09 bits per heavy atom. The summed E-state index contributed by atoms with van der Waals surface area (Å²) < 4.78 is 55.1. The van der Waals surface area contributed by atoms with Crippen molar-refractivity contribution in [3.63, 3.8) is 0 Å². The molecule has 2 fully saturated rings. The average Bonchev–Trinajstić information content (AvgIpc) is 2.81. The first-order valence-corrected chi connectivity index (χ1v) is 11.9. The first-order chi connectivity index (χ1) is 15.9. The molecule has 2 aromatic rings. The topological polar surface area (TPSA) is 18.5 Å². The molecule has 0 spiro atoms. The molecule has 33 heavy (non-hydrogen) atoms. The molecule has 0 N–H and O–H groups in total. The monoisotopic (exact) mass is 456 g/mol. The third-order valence-corrected chi connectivity index (χ3v) is 6.95. The minimum Gasteiger partial charge on any atom is -0.348 e. The van der Waals surface area contributed by atoms with Crippen molar-refractivity contribution in [2.24, 2.45) is 17.8 Å². The highest BCUT2D eigenvalue weighted by atomic mass is 19.1. The summed E-state index contributed by atoms with van der Waals surface area (Å²) in [5.74, 6) is 4.71. The number of ether oxygens (including phenoxy) is 2. The van der Waals surface area contributed by atoms with Gasteiger partial charge in [0.1, 0.15) is 17.5 Å². The lowest BCUT2D eigenvalue weighted by Gasteiger charge is -2.32. The molecule has 2 aromatic carbocycles. The number of hydrogen-bond donors (Lipinski definition) is 0. The summed E-state index contributed by atoms with van der Waals surface area (Å²) in [6.45, 7) is 5.02. The Hall–Kier alpha value is -2.29. The highest BCUT2D eigenvalue weighted by Crippen LogP contribution is 2.35. The molecule has 5 heteroatoms. The molecule has 4 rings (SSSR count). The van der Waals surface area contributed by atoms with Crippen LogP contribution in [0, 0.1) is 47.0 Å². The molecule has 2 aliphatic rings. The van der Waals surface area contributed by atoms with Gasteiger partial charge < -0.3 is 9.47 Å². The van der Waals surface area contributed by atoms with E-state index in [-0.39, 0.29) is 16.7 Å². The van der Waals surface area contributed by atoms with Crippen LogP contribution in [0.2, 0.25) is 0 Å². The highest BCUT2D eigenvalue weighted by Gasteiger charge is 2.26. The summed E-state index contributed by atoms with van der Waals surface area (Å²) in [6, 6.07) is 6.71. The van der Waals surface area contributed by atoms with E-state index in [1.165, 1.54) is 51.2 Å². The smallest absolute Gasteiger partial charge is 0.183 e. The third kappa shape index (κ3) is 5.80. The Balaban J connectivity index is 1.35. The fourth-order valence-electron chi connectivity index (χ4n) is 4.88. The summed E-state index contributed by atoms with van der Waals surface area (Å²) in [5, 5.41) is 0. The predicted octanol–water partition coefficient (Wildman–Crippen LogP) is 7.41. The first kappa shape index (κ1) is 23.9. The van der Waals surface area contributed by atoms with E-state index in [9.17, 15) is 13.2 Å². The zero-order valence-electron chi connectivity index (χ0n) is 19.3.